The van der Waals surface area contributed by atoms with Crippen molar-refractivity contribution in [3.05, 3.63) is 89.2 Å². The first-order valence-electron chi connectivity index (χ1n) is 9.34. The highest BCUT2D eigenvalue weighted by molar-refractivity contribution is 8.00. The first-order valence-corrected chi connectivity index (χ1v) is 10.6. The maximum Gasteiger partial charge on any atom is 0.255 e. The van der Waals surface area contributed by atoms with Crippen LogP contribution in [0.3, 0.4) is 0 Å². The standard InChI is InChI=1S/C23H20ClFN2O2S/c1-2-21(23(29)26-18-12-8-16(24)9-13-18)30-20-5-3-4-19(14-20)27-22(28)15-6-10-17(25)11-7-15/h3-14,21H,2H2,1H3,(H,26,29)(H,27,28). The van der Waals surface area contributed by atoms with E-state index in [4.69, 9.17) is 11.6 Å². The van der Waals surface area contributed by atoms with E-state index in [0.717, 1.165) is 4.90 Å². The highest BCUT2D eigenvalue weighted by Crippen LogP contribution is 2.29. The lowest BCUT2D eigenvalue weighted by atomic mass is 10.2. The van der Waals surface area contributed by atoms with Crippen molar-refractivity contribution in [2.75, 3.05) is 10.6 Å². The maximum atomic E-state index is 13.0. The van der Waals surface area contributed by atoms with E-state index in [2.05, 4.69) is 10.6 Å². The zero-order chi connectivity index (χ0) is 21.5. The monoisotopic (exact) mass is 442 g/mol. The fourth-order valence-corrected chi connectivity index (χ4v) is 3.83. The smallest absolute Gasteiger partial charge is 0.255 e. The zero-order valence-electron chi connectivity index (χ0n) is 16.2. The minimum Gasteiger partial charge on any atom is -0.325 e. The Hall–Kier alpha value is -2.83. The van der Waals surface area contributed by atoms with Crippen LogP contribution in [0.25, 0.3) is 0 Å². The molecule has 0 heterocycles. The molecule has 0 saturated heterocycles. The number of halogens is 2. The lowest BCUT2D eigenvalue weighted by Gasteiger charge is -2.15. The van der Waals surface area contributed by atoms with E-state index in [1.54, 1.807) is 30.3 Å². The Kier molecular flexibility index (Phi) is 7.49. The highest BCUT2D eigenvalue weighted by atomic mass is 35.5. The van der Waals surface area contributed by atoms with Gasteiger partial charge in [0.05, 0.1) is 5.25 Å². The van der Waals surface area contributed by atoms with Crippen LogP contribution in [0.15, 0.2) is 77.7 Å². The van der Waals surface area contributed by atoms with Gasteiger partial charge in [0.2, 0.25) is 5.91 Å². The molecule has 0 aliphatic heterocycles. The van der Waals surface area contributed by atoms with Crippen molar-refractivity contribution in [1.29, 1.82) is 0 Å². The van der Waals surface area contributed by atoms with Gasteiger partial charge in [0.15, 0.2) is 0 Å². The number of carbonyl (C=O) groups is 2. The quantitative estimate of drug-likeness (QED) is 0.426. The molecule has 1 atom stereocenters. The number of benzene rings is 3. The van der Waals surface area contributed by atoms with Crippen LogP contribution in [0, 0.1) is 5.82 Å². The third-order valence-electron chi connectivity index (χ3n) is 4.25. The van der Waals surface area contributed by atoms with Crippen molar-refractivity contribution in [2.45, 2.75) is 23.5 Å². The Morgan fingerprint density at radius 1 is 0.967 bits per heavy atom. The number of amides is 2. The Morgan fingerprint density at radius 2 is 1.67 bits per heavy atom. The van der Waals surface area contributed by atoms with Crippen LogP contribution >= 0.6 is 23.4 Å². The maximum absolute atomic E-state index is 13.0. The van der Waals surface area contributed by atoms with E-state index in [9.17, 15) is 14.0 Å². The number of rotatable bonds is 7. The van der Waals surface area contributed by atoms with Crippen molar-refractivity contribution in [3.63, 3.8) is 0 Å². The predicted molar refractivity (Wildman–Crippen MR) is 121 cm³/mol. The molecule has 2 amide bonds. The molecular formula is C23H20ClFN2O2S. The summed E-state index contributed by atoms with van der Waals surface area (Å²) in [5.74, 6) is -0.831. The molecule has 0 fully saturated rings. The topological polar surface area (TPSA) is 58.2 Å². The van der Waals surface area contributed by atoms with Gasteiger partial charge in [-0.05, 0) is 73.2 Å². The van der Waals surface area contributed by atoms with Gasteiger partial charge in [-0.25, -0.2) is 4.39 Å². The Balaban J connectivity index is 1.65. The average molecular weight is 443 g/mol. The molecule has 0 spiro atoms. The van der Waals surface area contributed by atoms with Crippen molar-refractivity contribution in [1.82, 2.24) is 0 Å². The molecular weight excluding hydrogens is 423 g/mol. The van der Waals surface area contributed by atoms with E-state index in [-0.39, 0.29) is 17.1 Å². The fourth-order valence-electron chi connectivity index (χ4n) is 2.69. The minimum atomic E-state index is -0.396. The van der Waals surface area contributed by atoms with E-state index in [0.29, 0.717) is 28.4 Å². The fraction of sp³-hybridized carbons (Fsp3) is 0.130. The summed E-state index contributed by atoms with van der Waals surface area (Å²) < 4.78 is 13.0. The van der Waals surface area contributed by atoms with Crippen LogP contribution < -0.4 is 10.6 Å². The minimum absolute atomic E-state index is 0.106. The SMILES string of the molecule is CCC(Sc1cccc(NC(=O)c2ccc(F)cc2)c1)C(=O)Nc1ccc(Cl)cc1. The lowest BCUT2D eigenvalue weighted by molar-refractivity contribution is -0.115. The normalized spacial score (nSPS) is 11.6. The Morgan fingerprint density at radius 3 is 2.33 bits per heavy atom. The summed E-state index contributed by atoms with van der Waals surface area (Å²) in [5.41, 5.74) is 1.65. The van der Waals surface area contributed by atoms with Crippen LogP contribution in [0.1, 0.15) is 23.7 Å². The molecule has 0 saturated carbocycles. The van der Waals surface area contributed by atoms with Gasteiger partial charge in [-0.15, -0.1) is 11.8 Å². The van der Waals surface area contributed by atoms with Crippen LogP contribution in [0.4, 0.5) is 15.8 Å². The van der Waals surface area contributed by atoms with Gasteiger partial charge in [-0.1, -0.05) is 24.6 Å². The molecule has 7 heteroatoms. The number of carbonyl (C=O) groups excluding carboxylic acids is 2. The first kappa shape index (κ1) is 21.9. The first-order chi connectivity index (χ1) is 14.4. The highest BCUT2D eigenvalue weighted by Gasteiger charge is 2.18. The van der Waals surface area contributed by atoms with E-state index in [1.807, 2.05) is 25.1 Å². The molecule has 2 N–H and O–H groups in total. The summed E-state index contributed by atoms with van der Waals surface area (Å²) in [6.45, 7) is 1.94. The molecule has 1 unspecified atom stereocenters. The third kappa shape index (κ3) is 6.08. The zero-order valence-corrected chi connectivity index (χ0v) is 17.8. The van der Waals surface area contributed by atoms with Gasteiger partial charge in [-0.2, -0.15) is 0 Å². The second kappa shape index (κ2) is 10.3. The number of thioether (sulfide) groups is 1. The molecule has 0 radical (unpaired) electrons. The predicted octanol–water partition coefficient (Wildman–Crippen LogP) is 6.24. The number of hydrogen-bond donors (Lipinski definition) is 2. The summed E-state index contributed by atoms with van der Waals surface area (Å²) in [7, 11) is 0. The number of nitrogens with one attached hydrogen (secondary N) is 2. The van der Waals surface area contributed by atoms with Crippen LogP contribution in [0.2, 0.25) is 5.02 Å². The molecule has 30 heavy (non-hydrogen) atoms. The molecule has 0 aliphatic rings. The molecule has 3 aromatic rings. The molecule has 0 aliphatic carbocycles. The third-order valence-corrected chi connectivity index (χ3v) is 5.86. The van der Waals surface area contributed by atoms with Gasteiger partial charge in [0.25, 0.3) is 5.91 Å². The second-order valence-electron chi connectivity index (χ2n) is 6.50. The van der Waals surface area contributed by atoms with Gasteiger partial charge in [-0.3, -0.25) is 9.59 Å². The molecule has 0 bridgehead atoms. The van der Waals surface area contributed by atoms with Crippen molar-refractivity contribution >= 4 is 46.6 Å². The van der Waals surface area contributed by atoms with Crippen molar-refractivity contribution in [3.8, 4) is 0 Å². The van der Waals surface area contributed by atoms with Crippen LogP contribution in [-0.4, -0.2) is 17.1 Å². The molecule has 0 aromatic heterocycles. The van der Waals surface area contributed by atoms with Crippen LogP contribution in [-0.2, 0) is 4.79 Å². The summed E-state index contributed by atoms with van der Waals surface area (Å²) >= 11 is 7.30. The lowest BCUT2D eigenvalue weighted by Crippen LogP contribution is -2.24. The van der Waals surface area contributed by atoms with Crippen molar-refractivity contribution < 1.29 is 14.0 Å². The molecule has 3 aromatic carbocycles. The van der Waals surface area contributed by atoms with Gasteiger partial charge >= 0.3 is 0 Å². The van der Waals surface area contributed by atoms with Gasteiger partial charge in [0, 0.05) is 26.9 Å². The molecule has 4 nitrogen and oxygen atoms in total. The Labute approximate surface area is 183 Å². The Bertz CT molecular complexity index is 1030. The van der Waals surface area contributed by atoms with Gasteiger partial charge in [0.1, 0.15) is 5.82 Å². The van der Waals surface area contributed by atoms with E-state index >= 15 is 0 Å². The second-order valence-corrected chi connectivity index (χ2v) is 8.21. The van der Waals surface area contributed by atoms with E-state index in [1.165, 1.54) is 36.0 Å². The molecule has 154 valence electrons. The largest absolute Gasteiger partial charge is 0.325 e. The average Bonchev–Trinajstić information content (AvgIpc) is 2.74. The number of hydrogen-bond acceptors (Lipinski definition) is 3. The number of anilines is 2. The molecule has 3 rings (SSSR count). The van der Waals surface area contributed by atoms with Crippen LogP contribution in [0.5, 0.6) is 0 Å². The van der Waals surface area contributed by atoms with Gasteiger partial charge < -0.3 is 10.6 Å². The summed E-state index contributed by atoms with van der Waals surface area (Å²) in [4.78, 5) is 25.8. The summed E-state index contributed by atoms with van der Waals surface area (Å²) in [6.07, 6.45) is 0.635. The summed E-state index contributed by atoms with van der Waals surface area (Å²) in [5, 5.41) is 5.99. The van der Waals surface area contributed by atoms with Crippen molar-refractivity contribution in [2.24, 2.45) is 0 Å². The van der Waals surface area contributed by atoms with E-state index < -0.39 is 5.82 Å². The summed E-state index contributed by atoms with van der Waals surface area (Å²) in [6, 6.07) is 19.6.